The molecule has 0 spiro atoms. The number of hydrogen-bond donors (Lipinski definition) is 1. The SMILES string of the molecule is CC1(C)OB(/C=C/CN2CC[C@H]2C(=O)O)OC1(C)C. The van der Waals surface area contributed by atoms with Crippen LogP contribution in [-0.4, -0.2) is 53.4 Å². The average Bonchev–Trinajstić information content (AvgIpc) is 2.39. The summed E-state index contributed by atoms with van der Waals surface area (Å²) in [6.07, 6.45) is 2.66. The molecule has 2 aliphatic heterocycles. The highest BCUT2D eigenvalue weighted by molar-refractivity contribution is 6.51. The molecular weight excluding hydrogens is 245 g/mol. The first-order valence-electron chi connectivity index (χ1n) is 6.72. The molecule has 106 valence electrons. The monoisotopic (exact) mass is 267 g/mol. The molecule has 0 aromatic rings. The van der Waals surface area contributed by atoms with Crippen LogP contribution in [0.2, 0.25) is 0 Å². The molecule has 2 saturated heterocycles. The number of carboxylic acids is 1. The van der Waals surface area contributed by atoms with Crippen LogP contribution in [0.15, 0.2) is 12.1 Å². The molecule has 19 heavy (non-hydrogen) atoms. The van der Waals surface area contributed by atoms with Gasteiger partial charge in [0.15, 0.2) is 0 Å². The molecule has 2 heterocycles. The minimum Gasteiger partial charge on any atom is -0.480 e. The van der Waals surface area contributed by atoms with Gasteiger partial charge in [-0.05, 0) is 34.1 Å². The van der Waals surface area contributed by atoms with Crippen LogP contribution >= 0.6 is 0 Å². The number of carbonyl (C=O) groups is 1. The predicted octanol–water partition coefficient (Wildman–Crippen LogP) is 1.33. The van der Waals surface area contributed by atoms with Crippen LogP contribution in [0, 0.1) is 0 Å². The van der Waals surface area contributed by atoms with Crippen molar-refractivity contribution in [2.75, 3.05) is 13.1 Å². The molecule has 0 bridgehead atoms. The molecule has 5 nitrogen and oxygen atoms in total. The first-order chi connectivity index (χ1) is 8.73. The maximum atomic E-state index is 10.9. The lowest BCUT2D eigenvalue weighted by Gasteiger charge is -2.37. The molecular formula is C13H22BNO4. The second-order valence-electron chi connectivity index (χ2n) is 6.19. The quantitative estimate of drug-likeness (QED) is 0.779. The highest BCUT2D eigenvalue weighted by Crippen LogP contribution is 2.36. The average molecular weight is 267 g/mol. The molecule has 2 fully saturated rings. The highest BCUT2D eigenvalue weighted by atomic mass is 16.7. The molecule has 1 atom stereocenters. The van der Waals surface area contributed by atoms with Crippen molar-refractivity contribution in [1.82, 2.24) is 4.90 Å². The first kappa shape index (κ1) is 14.6. The van der Waals surface area contributed by atoms with E-state index in [-0.39, 0.29) is 24.4 Å². The third-order valence-electron chi connectivity index (χ3n) is 4.32. The predicted molar refractivity (Wildman–Crippen MR) is 72.8 cm³/mol. The van der Waals surface area contributed by atoms with Gasteiger partial charge in [0.25, 0.3) is 0 Å². The van der Waals surface area contributed by atoms with Gasteiger partial charge >= 0.3 is 13.1 Å². The number of carboxylic acid groups (broad SMARTS) is 1. The summed E-state index contributed by atoms with van der Waals surface area (Å²) >= 11 is 0. The number of aliphatic carboxylic acids is 1. The molecule has 1 N–H and O–H groups in total. The fourth-order valence-corrected chi connectivity index (χ4v) is 2.21. The van der Waals surface area contributed by atoms with Gasteiger partial charge in [0.2, 0.25) is 0 Å². The van der Waals surface area contributed by atoms with Crippen molar-refractivity contribution in [3.8, 4) is 0 Å². The smallest absolute Gasteiger partial charge is 0.480 e. The van der Waals surface area contributed by atoms with E-state index in [2.05, 4.69) is 0 Å². The van der Waals surface area contributed by atoms with Gasteiger partial charge in [-0.15, -0.1) is 0 Å². The van der Waals surface area contributed by atoms with Crippen LogP contribution in [0.4, 0.5) is 0 Å². The van der Waals surface area contributed by atoms with E-state index in [1.165, 1.54) is 0 Å². The Balaban J connectivity index is 1.83. The van der Waals surface area contributed by atoms with Gasteiger partial charge in [0, 0.05) is 13.1 Å². The lowest BCUT2D eigenvalue weighted by molar-refractivity contribution is -0.147. The number of rotatable bonds is 4. The maximum absolute atomic E-state index is 10.9. The van der Waals surface area contributed by atoms with E-state index in [1.807, 2.05) is 44.6 Å². The second-order valence-corrected chi connectivity index (χ2v) is 6.19. The Morgan fingerprint density at radius 1 is 1.37 bits per heavy atom. The molecule has 0 aliphatic carbocycles. The summed E-state index contributed by atoms with van der Waals surface area (Å²) in [5.74, 6) is 1.13. The standard InChI is InChI=1S/C13H22BNO4/c1-12(2)13(3,4)19-14(18-12)7-5-8-15-9-6-10(15)11(16)17/h5,7,10H,6,8-9H2,1-4H3,(H,16,17)/b7-5+/t10-/m0/s1. The number of likely N-dealkylation sites (tertiary alicyclic amines) is 1. The lowest BCUT2D eigenvalue weighted by atomic mass is 9.90. The molecule has 2 aliphatic rings. The Kier molecular flexibility index (Phi) is 3.77. The Hall–Kier alpha value is -0.845. The fraction of sp³-hybridized carbons (Fsp3) is 0.769. The molecule has 0 amide bonds. The van der Waals surface area contributed by atoms with Gasteiger partial charge in [0.05, 0.1) is 11.2 Å². The Morgan fingerprint density at radius 3 is 2.37 bits per heavy atom. The number of hydrogen-bond acceptors (Lipinski definition) is 4. The van der Waals surface area contributed by atoms with Crippen LogP contribution < -0.4 is 0 Å². The van der Waals surface area contributed by atoms with Crippen LogP contribution in [0.5, 0.6) is 0 Å². The zero-order chi connectivity index (χ0) is 14.3. The summed E-state index contributed by atoms with van der Waals surface area (Å²) < 4.78 is 11.7. The third-order valence-corrected chi connectivity index (χ3v) is 4.32. The fourth-order valence-electron chi connectivity index (χ4n) is 2.21. The van der Waals surface area contributed by atoms with Crippen molar-refractivity contribution < 1.29 is 19.2 Å². The minimum absolute atomic E-state index is 0.331. The Labute approximate surface area is 114 Å². The van der Waals surface area contributed by atoms with Crippen molar-refractivity contribution >= 4 is 13.1 Å². The van der Waals surface area contributed by atoms with Crippen molar-refractivity contribution in [2.24, 2.45) is 0 Å². The van der Waals surface area contributed by atoms with E-state index in [9.17, 15) is 4.79 Å². The molecule has 0 aromatic carbocycles. The normalized spacial score (nSPS) is 29.7. The molecule has 0 unspecified atom stereocenters. The zero-order valence-corrected chi connectivity index (χ0v) is 12.0. The van der Waals surface area contributed by atoms with Gasteiger partial charge in [-0.2, -0.15) is 0 Å². The zero-order valence-electron chi connectivity index (χ0n) is 12.0. The summed E-state index contributed by atoms with van der Waals surface area (Å²) in [6, 6.07) is -0.331. The van der Waals surface area contributed by atoms with E-state index in [0.29, 0.717) is 6.54 Å². The van der Waals surface area contributed by atoms with Crippen molar-refractivity contribution in [1.29, 1.82) is 0 Å². The minimum atomic E-state index is -0.740. The molecule has 2 rings (SSSR count). The summed E-state index contributed by atoms with van der Waals surface area (Å²) in [5.41, 5.74) is -0.662. The van der Waals surface area contributed by atoms with Crippen LogP contribution in [0.25, 0.3) is 0 Å². The van der Waals surface area contributed by atoms with E-state index in [0.717, 1.165) is 13.0 Å². The van der Waals surface area contributed by atoms with E-state index in [1.54, 1.807) is 0 Å². The van der Waals surface area contributed by atoms with Crippen LogP contribution in [0.1, 0.15) is 34.1 Å². The largest absolute Gasteiger partial charge is 0.486 e. The summed E-state index contributed by atoms with van der Waals surface area (Å²) in [6.45, 7) is 9.51. The van der Waals surface area contributed by atoms with Gasteiger partial charge < -0.3 is 14.4 Å². The van der Waals surface area contributed by atoms with E-state index in [4.69, 9.17) is 14.4 Å². The van der Waals surface area contributed by atoms with Crippen LogP contribution in [-0.2, 0) is 14.1 Å². The lowest BCUT2D eigenvalue weighted by Crippen LogP contribution is -2.52. The van der Waals surface area contributed by atoms with Crippen molar-refractivity contribution in [3.05, 3.63) is 12.1 Å². The van der Waals surface area contributed by atoms with Gasteiger partial charge in [-0.1, -0.05) is 12.1 Å². The molecule has 0 aromatic heterocycles. The third kappa shape index (κ3) is 2.85. The van der Waals surface area contributed by atoms with Gasteiger partial charge in [-0.25, -0.2) is 0 Å². The maximum Gasteiger partial charge on any atom is 0.486 e. The second kappa shape index (κ2) is 4.92. The summed E-state index contributed by atoms with van der Waals surface area (Å²) in [5, 5.41) is 8.94. The summed E-state index contributed by atoms with van der Waals surface area (Å²) in [7, 11) is -0.352. The van der Waals surface area contributed by atoms with Gasteiger partial charge in [-0.3, -0.25) is 9.69 Å². The molecule has 6 heteroatoms. The van der Waals surface area contributed by atoms with Gasteiger partial charge in [0.1, 0.15) is 6.04 Å². The van der Waals surface area contributed by atoms with Crippen molar-refractivity contribution in [3.63, 3.8) is 0 Å². The highest BCUT2D eigenvalue weighted by Gasteiger charge is 2.50. The summed E-state index contributed by atoms with van der Waals surface area (Å²) in [4.78, 5) is 12.8. The number of nitrogens with zero attached hydrogens (tertiary/aromatic N) is 1. The Morgan fingerprint density at radius 2 is 1.95 bits per heavy atom. The Bertz CT molecular complexity index is 378. The van der Waals surface area contributed by atoms with Crippen LogP contribution in [0.3, 0.4) is 0 Å². The molecule has 0 saturated carbocycles. The van der Waals surface area contributed by atoms with E-state index >= 15 is 0 Å². The molecule has 0 radical (unpaired) electrons. The van der Waals surface area contributed by atoms with E-state index < -0.39 is 5.97 Å². The van der Waals surface area contributed by atoms with Crippen molar-refractivity contribution in [2.45, 2.75) is 51.4 Å². The topological polar surface area (TPSA) is 59.0 Å². The first-order valence-corrected chi connectivity index (χ1v) is 6.72.